The quantitative estimate of drug-likeness (QED) is 0.582. The highest BCUT2D eigenvalue weighted by molar-refractivity contribution is 5.79. The molecule has 0 amide bonds. The SMILES string of the molecule is O=c1[nH]c(-c2cccc(COc3cc(F)ccc3F)c2)nc2ccccc12. The lowest BCUT2D eigenvalue weighted by atomic mass is 10.1. The van der Waals surface area contributed by atoms with Gasteiger partial charge >= 0.3 is 0 Å². The molecule has 4 aromatic rings. The number of aromatic nitrogens is 2. The third-order valence-electron chi connectivity index (χ3n) is 4.10. The highest BCUT2D eigenvalue weighted by Crippen LogP contribution is 2.21. The number of nitrogens with one attached hydrogen (secondary N) is 1. The van der Waals surface area contributed by atoms with Gasteiger partial charge in [-0.2, -0.15) is 0 Å². The monoisotopic (exact) mass is 364 g/mol. The van der Waals surface area contributed by atoms with Crippen molar-refractivity contribution in [3.05, 3.63) is 94.3 Å². The Morgan fingerprint density at radius 2 is 1.81 bits per heavy atom. The first kappa shape index (κ1) is 16.9. The Kier molecular flexibility index (Phi) is 4.38. The van der Waals surface area contributed by atoms with E-state index in [1.165, 1.54) is 0 Å². The van der Waals surface area contributed by atoms with E-state index in [0.29, 0.717) is 22.3 Å². The lowest BCUT2D eigenvalue weighted by Crippen LogP contribution is -2.09. The highest BCUT2D eigenvalue weighted by atomic mass is 19.1. The van der Waals surface area contributed by atoms with Gasteiger partial charge in [0.05, 0.1) is 10.9 Å². The third kappa shape index (κ3) is 3.55. The van der Waals surface area contributed by atoms with Crippen molar-refractivity contribution >= 4 is 10.9 Å². The maximum Gasteiger partial charge on any atom is 0.259 e. The minimum atomic E-state index is -0.631. The average Bonchev–Trinajstić information content (AvgIpc) is 2.69. The van der Waals surface area contributed by atoms with E-state index < -0.39 is 11.6 Å². The summed E-state index contributed by atoms with van der Waals surface area (Å²) in [5.74, 6) is -0.929. The highest BCUT2D eigenvalue weighted by Gasteiger charge is 2.08. The van der Waals surface area contributed by atoms with Crippen LogP contribution in [-0.2, 0) is 6.61 Å². The molecule has 0 aliphatic heterocycles. The fraction of sp³-hybridized carbons (Fsp3) is 0.0476. The number of hydrogen-bond acceptors (Lipinski definition) is 3. The normalized spacial score (nSPS) is 10.9. The minimum Gasteiger partial charge on any atom is -0.486 e. The molecule has 134 valence electrons. The van der Waals surface area contributed by atoms with Crippen LogP contribution >= 0.6 is 0 Å². The van der Waals surface area contributed by atoms with Crippen LogP contribution < -0.4 is 10.3 Å². The number of halogens is 2. The van der Waals surface area contributed by atoms with Crippen LogP contribution in [0, 0.1) is 11.6 Å². The van der Waals surface area contributed by atoms with Gasteiger partial charge in [0.15, 0.2) is 11.6 Å². The average molecular weight is 364 g/mol. The van der Waals surface area contributed by atoms with Gasteiger partial charge in [-0.25, -0.2) is 13.8 Å². The third-order valence-corrected chi connectivity index (χ3v) is 4.10. The van der Waals surface area contributed by atoms with Gasteiger partial charge in [0, 0.05) is 11.6 Å². The van der Waals surface area contributed by atoms with Crippen LogP contribution in [0.3, 0.4) is 0 Å². The molecule has 6 heteroatoms. The first-order valence-electron chi connectivity index (χ1n) is 8.26. The summed E-state index contributed by atoms with van der Waals surface area (Å²) in [4.78, 5) is 19.5. The molecule has 0 fully saturated rings. The minimum absolute atomic E-state index is 0.0476. The van der Waals surface area contributed by atoms with Gasteiger partial charge in [-0.15, -0.1) is 0 Å². The van der Waals surface area contributed by atoms with Gasteiger partial charge in [-0.3, -0.25) is 4.79 Å². The first-order valence-corrected chi connectivity index (χ1v) is 8.26. The summed E-state index contributed by atoms with van der Waals surface area (Å²) in [6.45, 7) is 0.0476. The molecular formula is C21H14F2N2O2. The molecule has 0 unspecified atom stereocenters. The molecule has 0 spiro atoms. The van der Waals surface area contributed by atoms with Crippen molar-refractivity contribution in [1.29, 1.82) is 0 Å². The standard InChI is InChI=1S/C21H14F2N2O2/c22-15-8-9-17(23)19(11-15)27-12-13-4-3-5-14(10-13)20-24-18-7-2-1-6-16(18)21(26)25-20/h1-11H,12H2,(H,24,25,26). The van der Waals surface area contributed by atoms with Crippen molar-refractivity contribution in [2.24, 2.45) is 0 Å². The topological polar surface area (TPSA) is 55.0 Å². The molecule has 0 radical (unpaired) electrons. The second-order valence-corrected chi connectivity index (χ2v) is 6.00. The molecule has 4 rings (SSSR count). The molecule has 0 saturated carbocycles. The number of ether oxygens (including phenoxy) is 1. The molecule has 4 nitrogen and oxygen atoms in total. The summed E-state index contributed by atoms with van der Waals surface area (Å²) >= 11 is 0. The van der Waals surface area contributed by atoms with Crippen molar-refractivity contribution in [3.8, 4) is 17.1 Å². The van der Waals surface area contributed by atoms with Crippen molar-refractivity contribution in [2.75, 3.05) is 0 Å². The summed E-state index contributed by atoms with van der Waals surface area (Å²) in [6.07, 6.45) is 0. The number of hydrogen-bond donors (Lipinski definition) is 1. The zero-order valence-corrected chi connectivity index (χ0v) is 14.1. The largest absolute Gasteiger partial charge is 0.486 e. The van der Waals surface area contributed by atoms with E-state index in [1.807, 2.05) is 6.07 Å². The predicted molar refractivity (Wildman–Crippen MR) is 98.5 cm³/mol. The Morgan fingerprint density at radius 1 is 0.963 bits per heavy atom. The smallest absolute Gasteiger partial charge is 0.259 e. The van der Waals surface area contributed by atoms with Crippen molar-refractivity contribution in [2.45, 2.75) is 6.61 Å². The van der Waals surface area contributed by atoms with E-state index in [2.05, 4.69) is 9.97 Å². The number of aromatic amines is 1. The number of nitrogens with zero attached hydrogens (tertiary/aromatic N) is 1. The zero-order chi connectivity index (χ0) is 18.8. The summed E-state index contributed by atoms with van der Waals surface area (Å²) in [7, 11) is 0. The van der Waals surface area contributed by atoms with Gasteiger partial charge < -0.3 is 9.72 Å². The number of benzene rings is 3. The van der Waals surface area contributed by atoms with E-state index in [4.69, 9.17) is 4.74 Å². The molecule has 0 atom stereocenters. The fourth-order valence-corrected chi connectivity index (χ4v) is 2.78. The number of para-hydroxylation sites is 1. The Balaban J connectivity index is 1.63. The van der Waals surface area contributed by atoms with Crippen LogP contribution in [0.1, 0.15) is 5.56 Å². The van der Waals surface area contributed by atoms with Gasteiger partial charge in [0.1, 0.15) is 18.2 Å². The molecule has 0 saturated heterocycles. The van der Waals surface area contributed by atoms with Gasteiger partial charge in [0.2, 0.25) is 0 Å². The lowest BCUT2D eigenvalue weighted by Gasteiger charge is -2.09. The first-order chi connectivity index (χ1) is 13.1. The molecule has 0 aliphatic rings. The molecule has 1 N–H and O–H groups in total. The van der Waals surface area contributed by atoms with E-state index in [1.54, 1.807) is 42.5 Å². The number of fused-ring (bicyclic) bond motifs is 1. The van der Waals surface area contributed by atoms with Gasteiger partial charge in [-0.1, -0.05) is 30.3 Å². The summed E-state index contributed by atoms with van der Waals surface area (Å²) in [5.41, 5.74) is 1.80. The molecular weight excluding hydrogens is 350 g/mol. The fourth-order valence-electron chi connectivity index (χ4n) is 2.78. The van der Waals surface area contributed by atoms with Gasteiger partial charge in [-0.05, 0) is 35.9 Å². The second-order valence-electron chi connectivity index (χ2n) is 6.00. The Bertz CT molecular complexity index is 1190. The summed E-state index contributed by atoms with van der Waals surface area (Å²) < 4.78 is 32.3. The molecule has 0 bridgehead atoms. The van der Waals surface area contributed by atoms with E-state index in [9.17, 15) is 13.6 Å². The number of H-pyrrole nitrogens is 1. The van der Waals surface area contributed by atoms with Gasteiger partial charge in [0.25, 0.3) is 5.56 Å². The Hall–Kier alpha value is -3.54. The lowest BCUT2D eigenvalue weighted by molar-refractivity contribution is 0.288. The van der Waals surface area contributed by atoms with Crippen LogP contribution in [0.25, 0.3) is 22.3 Å². The maximum atomic E-state index is 13.7. The molecule has 27 heavy (non-hydrogen) atoms. The van der Waals surface area contributed by atoms with Crippen LogP contribution in [0.15, 0.2) is 71.5 Å². The van der Waals surface area contributed by atoms with Crippen molar-refractivity contribution in [3.63, 3.8) is 0 Å². The molecule has 1 aromatic heterocycles. The maximum absolute atomic E-state index is 13.7. The number of rotatable bonds is 4. The van der Waals surface area contributed by atoms with Crippen LogP contribution in [0.2, 0.25) is 0 Å². The van der Waals surface area contributed by atoms with Crippen LogP contribution in [0.4, 0.5) is 8.78 Å². The van der Waals surface area contributed by atoms with E-state index >= 15 is 0 Å². The van der Waals surface area contributed by atoms with Crippen molar-refractivity contribution < 1.29 is 13.5 Å². The summed E-state index contributed by atoms with van der Waals surface area (Å²) in [6, 6.07) is 17.3. The molecule has 0 aliphatic carbocycles. The summed E-state index contributed by atoms with van der Waals surface area (Å²) in [5, 5.41) is 0.516. The zero-order valence-electron chi connectivity index (χ0n) is 14.1. The Morgan fingerprint density at radius 3 is 2.70 bits per heavy atom. The molecule has 3 aromatic carbocycles. The van der Waals surface area contributed by atoms with Crippen LogP contribution in [-0.4, -0.2) is 9.97 Å². The van der Waals surface area contributed by atoms with E-state index in [-0.39, 0.29) is 17.9 Å². The predicted octanol–water partition coefficient (Wildman–Crippen LogP) is 4.45. The Labute approximate surface area is 153 Å². The van der Waals surface area contributed by atoms with E-state index in [0.717, 1.165) is 23.8 Å². The second kappa shape index (κ2) is 6.99. The van der Waals surface area contributed by atoms with Crippen molar-refractivity contribution in [1.82, 2.24) is 9.97 Å². The van der Waals surface area contributed by atoms with Crippen LogP contribution in [0.5, 0.6) is 5.75 Å². The molecule has 1 heterocycles.